The van der Waals surface area contributed by atoms with E-state index in [9.17, 15) is 9.90 Å². The molecule has 0 aliphatic heterocycles. The molecule has 3 heteroatoms. The van der Waals surface area contributed by atoms with Gasteiger partial charge in [-0.25, -0.2) is 0 Å². The minimum atomic E-state index is -0.263. The maximum absolute atomic E-state index is 11.7. The Hall–Kier alpha value is -2.35. The first-order valence-corrected chi connectivity index (χ1v) is 5.99. The number of phenols is 1. The van der Waals surface area contributed by atoms with Crippen LogP contribution in [-0.2, 0) is 17.1 Å². The Bertz CT molecular complexity index is 663. The quantitative estimate of drug-likeness (QED) is 0.348. The monoisotopic (exact) mass is 324 g/mol. The number of para-hydroxylation sites is 1. The third-order valence-electron chi connectivity index (χ3n) is 2.38. The van der Waals surface area contributed by atoms with Gasteiger partial charge in [0.1, 0.15) is 5.75 Å². The van der Waals surface area contributed by atoms with Crippen LogP contribution in [0, 0.1) is 48.5 Å². The Balaban J connectivity index is 0.000000344. The molecule has 0 fully saturated rings. The van der Waals surface area contributed by atoms with Crippen LogP contribution in [0.3, 0.4) is 0 Å². The van der Waals surface area contributed by atoms with E-state index in [-0.39, 0.29) is 34.2 Å². The van der Waals surface area contributed by atoms with Crippen LogP contribution in [0.4, 0.5) is 0 Å². The first-order chi connectivity index (χ1) is 10.3. The third kappa shape index (κ3) is 5.57. The Labute approximate surface area is 140 Å². The molecule has 114 valence electrons. The Morgan fingerprint density at radius 2 is 1.73 bits per heavy atom. The molecule has 0 spiro atoms. The van der Waals surface area contributed by atoms with Gasteiger partial charge in [0.15, 0.2) is 0 Å². The molecule has 0 saturated carbocycles. The Morgan fingerprint density at radius 3 is 2.27 bits per heavy atom. The summed E-state index contributed by atoms with van der Waals surface area (Å²) in [7, 11) is 0. The van der Waals surface area contributed by atoms with Gasteiger partial charge in [0.25, 0.3) is 0 Å². The van der Waals surface area contributed by atoms with Crippen LogP contribution in [0.25, 0.3) is 6.08 Å². The first kappa shape index (κ1) is 17.7. The largest absolute Gasteiger partial charge is 0.999 e. The van der Waals surface area contributed by atoms with Crippen molar-refractivity contribution < 1.29 is 27.0 Å². The number of carbonyl (C=O) groups excluding carboxylic acids is 1. The maximum Gasteiger partial charge on any atom is 0.124 e. The number of allylic oxidation sites excluding steroid dienone is 1. The molecule has 3 aromatic rings. The van der Waals surface area contributed by atoms with E-state index in [0.29, 0.717) is 5.56 Å². The topological polar surface area (TPSA) is 37.3 Å². The van der Waals surface area contributed by atoms with Crippen molar-refractivity contribution in [1.82, 2.24) is 0 Å². The number of hydrogen-bond acceptors (Lipinski definition) is 2. The van der Waals surface area contributed by atoms with Crippen LogP contribution in [0.5, 0.6) is 5.75 Å². The average molecular weight is 324 g/mol. The molecule has 22 heavy (non-hydrogen) atoms. The second kappa shape index (κ2) is 9.56. The molecule has 0 aliphatic carbocycles. The zero-order chi connectivity index (χ0) is 14.9. The minimum Gasteiger partial charge on any atom is -0.999 e. The third-order valence-corrected chi connectivity index (χ3v) is 2.38. The SMILES string of the molecule is O=C(C=C[c-]1[c-][c-][c-][c-]1)c1ccccc1O.[Fe].[c-]1[c-][c-][cH-][c-]1. The van der Waals surface area contributed by atoms with Gasteiger partial charge in [0.2, 0.25) is 0 Å². The van der Waals surface area contributed by atoms with E-state index in [1.54, 1.807) is 30.3 Å². The predicted octanol–water partition coefficient (Wildman–Crippen LogP) is 2.81. The van der Waals surface area contributed by atoms with E-state index in [2.05, 4.69) is 48.5 Å². The van der Waals surface area contributed by atoms with Crippen LogP contribution >= 0.6 is 0 Å². The van der Waals surface area contributed by atoms with Gasteiger partial charge in [-0.15, -0.1) is 0 Å². The number of hydrogen-bond donors (Lipinski definition) is 1. The second-order valence-corrected chi connectivity index (χ2v) is 3.81. The molecular formula is C19H8FeO2-10. The second-order valence-electron chi connectivity index (χ2n) is 3.81. The van der Waals surface area contributed by atoms with Gasteiger partial charge in [-0.2, -0.15) is 0 Å². The van der Waals surface area contributed by atoms with E-state index >= 15 is 0 Å². The summed E-state index contributed by atoms with van der Waals surface area (Å²) in [5, 5.41) is 9.46. The number of aromatic hydroxyl groups is 1. The molecule has 0 unspecified atom stereocenters. The first-order valence-electron chi connectivity index (χ1n) is 5.99. The molecule has 1 N–H and O–H groups in total. The Kier molecular flexibility index (Phi) is 7.69. The van der Waals surface area contributed by atoms with Gasteiger partial charge in [-0.3, -0.25) is 0 Å². The zero-order valence-electron chi connectivity index (χ0n) is 11.3. The summed E-state index contributed by atoms with van der Waals surface area (Å²) in [6, 6.07) is 29.0. The summed E-state index contributed by atoms with van der Waals surface area (Å²) in [5.41, 5.74) is 0.891. The molecule has 3 aromatic carbocycles. The van der Waals surface area contributed by atoms with Gasteiger partial charge in [0.05, 0.1) is 0 Å². The smallest absolute Gasteiger partial charge is 0.124 e. The molecule has 0 amide bonds. The van der Waals surface area contributed by atoms with Gasteiger partial charge in [-0.1, -0.05) is 12.1 Å². The fourth-order valence-corrected chi connectivity index (χ4v) is 1.42. The fourth-order valence-electron chi connectivity index (χ4n) is 1.42. The maximum atomic E-state index is 11.7. The number of ketones is 1. The van der Waals surface area contributed by atoms with Crippen LogP contribution < -0.4 is 0 Å². The molecule has 3 rings (SSSR count). The molecule has 0 bridgehead atoms. The number of rotatable bonds is 3. The van der Waals surface area contributed by atoms with Crippen molar-refractivity contribution in [2.45, 2.75) is 0 Å². The van der Waals surface area contributed by atoms with Crippen LogP contribution in [-0.4, -0.2) is 10.9 Å². The van der Waals surface area contributed by atoms with Crippen molar-refractivity contribution in [2.75, 3.05) is 0 Å². The van der Waals surface area contributed by atoms with Crippen molar-refractivity contribution in [3.05, 3.63) is 96.1 Å². The standard InChI is InChI=1S/C14H7O2.C5H.Fe/c15-13-8-4-3-7-12(13)14(16)10-9-11-5-1-2-6-11;1-2-4-5-3-1;/h3-4,7-10,15H;1H;/q2*-5;. The Morgan fingerprint density at radius 1 is 1.09 bits per heavy atom. The minimum absolute atomic E-state index is 0. The molecule has 0 aliphatic rings. The molecule has 0 aromatic heterocycles. The van der Waals surface area contributed by atoms with Gasteiger partial charge in [0, 0.05) is 28.4 Å². The van der Waals surface area contributed by atoms with Crippen molar-refractivity contribution >= 4 is 11.9 Å². The number of carbonyl (C=O) groups is 1. The van der Waals surface area contributed by atoms with E-state index < -0.39 is 0 Å². The van der Waals surface area contributed by atoms with E-state index in [1.807, 2.05) is 0 Å². The molecule has 0 radical (unpaired) electrons. The van der Waals surface area contributed by atoms with E-state index in [1.165, 1.54) is 12.1 Å². The van der Waals surface area contributed by atoms with E-state index in [4.69, 9.17) is 0 Å². The van der Waals surface area contributed by atoms with Crippen LogP contribution in [0.2, 0.25) is 0 Å². The summed E-state index contributed by atoms with van der Waals surface area (Å²) in [5.74, 6) is -0.285. The number of benzene rings is 1. The molecule has 2 nitrogen and oxygen atoms in total. The summed E-state index contributed by atoms with van der Waals surface area (Å²) < 4.78 is 0. The molecular weight excluding hydrogens is 316 g/mol. The van der Waals surface area contributed by atoms with Crippen molar-refractivity contribution in [1.29, 1.82) is 0 Å². The zero-order valence-corrected chi connectivity index (χ0v) is 12.4. The number of phenolic OH excluding ortho intramolecular Hbond substituents is 1. The summed E-state index contributed by atoms with van der Waals surface area (Å²) in [6.07, 6.45) is 2.92. The molecule has 0 atom stereocenters. The average Bonchev–Trinajstić information content (AvgIpc) is 3.21. The van der Waals surface area contributed by atoms with E-state index in [0.717, 1.165) is 0 Å². The van der Waals surface area contributed by atoms with Gasteiger partial charge in [-0.05, 0) is 12.1 Å². The summed E-state index contributed by atoms with van der Waals surface area (Å²) >= 11 is 0. The van der Waals surface area contributed by atoms with Crippen molar-refractivity contribution in [2.24, 2.45) is 0 Å². The molecule has 0 heterocycles. The van der Waals surface area contributed by atoms with Crippen molar-refractivity contribution in [3.8, 4) is 5.75 Å². The molecule has 0 saturated heterocycles. The van der Waals surface area contributed by atoms with Crippen LogP contribution in [0.15, 0.2) is 36.4 Å². The van der Waals surface area contributed by atoms with Gasteiger partial charge >= 0.3 is 0 Å². The predicted molar refractivity (Wildman–Crippen MR) is 76.2 cm³/mol. The normalized spacial score (nSPS) is 9.64. The van der Waals surface area contributed by atoms with Gasteiger partial charge < -0.3 is 82.2 Å². The van der Waals surface area contributed by atoms with Crippen molar-refractivity contribution in [3.63, 3.8) is 0 Å². The fraction of sp³-hybridized carbons (Fsp3) is 0. The summed E-state index contributed by atoms with van der Waals surface area (Å²) in [4.78, 5) is 11.7. The summed E-state index contributed by atoms with van der Waals surface area (Å²) in [6.45, 7) is 0. The van der Waals surface area contributed by atoms with Crippen LogP contribution in [0.1, 0.15) is 15.9 Å².